The van der Waals surface area contributed by atoms with Crippen LogP contribution >= 0.6 is 15.9 Å². The third kappa shape index (κ3) is 1.63. The first-order chi connectivity index (χ1) is 10.00. The van der Waals surface area contributed by atoms with Crippen LogP contribution in [0.4, 0.5) is 0 Å². The Kier molecular flexibility index (Phi) is 2.52. The second-order valence-electron chi connectivity index (χ2n) is 6.18. The average Bonchev–Trinajstić information content (AvgIpc) is 2.68. The maximum absolute atomic E-state index is 10.4. The molecule has 0 bridgehead atoms. The monoisotopic (exact) mass is 338 g/mol. The summed E-state index contributed by atoms with van der Waals surface area (Å²) in [5, 5.41) is 12.4. The minimum atomic E-state index is -0.101. The zero-order valence-electron chi connectivity index (χ0n) is 11.9. The van der Waals surface area contributed by atoms with Crippen LogP contribution < -0.4 is 0 Å². The minimum absolute atomic E-state index is 0.101. The molecule has 4 rings (SSSR count). The van der Waals surface area contributed by atoms with Crippen molar-refractivity contribution in [2.45, 2.75) is 19.3 Å². The van der Waals surface area contributed by atoms with E-state index in [2.05, 4.69) is 54.0 Å². The Hall–Kier alpha value is -1.80. The Morgan fingerprint density at radius 2 is 1.62 bits per heavy atom. The van der Waals surface area contributed by atoms with Crippen molar-refractivity contribution in [3.05, 3.63) is 64.1 Å². The van der Waals surface area contributed by atoms with Crippen LogP contribution in [0.1, 0.15) is 25.0 Å². The number of rotatable bonds is 0. The van der Waals surface area contributed by atoms with Gasteiger partial charge in [-0.15, -0.1) is 0 Å². The van der Waals surface area contributed by atoms with Gasteiger partial charge in [0.1, 0.15) is 5.75 Å². The number of phenolic OH excluding ortho intramolecular Hbond substituents is 1. The van der Waals surface area contributed by atoms with E-state index in [1.807, 2.05) is 24.3 Å². The van der Waals surface area contributed by atoms with Crippen LogP contribution in [0, 0.1) is 0 Å². The highest BCUT2D eigenvalue weighted by molar-refractivity contribution is 9.10. The highest BCUT2D eigenvalue weighted by Gasteiger charge is 2.37. The number of halogens is 1. The molecule has 1 aliphatic rings. The van der Waals surface area contributed by atoms with Crippen LogP contribution in [0.3, 0.4) is 0 Å². The summed E-state index contributed by atoms with van der Waals surface area (Å²) < 4.78 is 1.09. The third-order valence-corrected chi connectivity index (χ3v) is 5.11. The molecule has 0 amide bonds. The molecule has 104 valence electrons. The van der Waals surface area contributed by atoms with E-state index in [4.69, 9.17) is 0 Å². The summed E-state index contributed by atoms with van der Waals surface area (Å²) in [5.74, 6) is 0.365. The summed E-state index contributed by atoms with van der Waals surface area (Å²) in [6, 6.07) is 16.5. The molecule has 2 heteroatoms. The van der Waals surface area contributed by atoms with Crippen LogP contribution in [0.25, 0.3) is 21.9 Å². The van der Waals surface area contributed by atoms with E-state index in [9.17, 15) is 5.11 Å². The van der Waals surface area contributed by atoms with Crippen molar-refractivity contribution < 1.29 is 5.11 Å². The molecule has 0 aliphatic heterocycles. The molecule has 3 aromatic carbocycles. The Morgan fingerprint density at radius 3 is 2.38 bits per heavy atom. The van der Waals surface area contributed by atoms with Crippen LogP contribution in [0.2, 0.25) is 0 Å². The first kappa shape index (κ1) is 12.9. The van der Waals surface area contributed by atoms with Crippen LogP contribution in [0.15, 0.2) is 53.0 Å². The number of aromatic hydroxyl groups is 1. The lowest BCUT2D eigenvalue weighted by atomic mass is 9.82. The Balaban J connectivity index is 2.22. The fourth-order valence-corrected chi connectivity index (χ4v) is 3.90. The van der Waals surface area contributed by atoms with E-state index in [1.54, 1.807) is 0 Å². The molecule has 0 atom stereocenters. The molecule has 0 spiro atoms. The normalized spacial score (nSPS) is 15.0. The number of fused-ring (bicyclic) bond motifs is 5. The summed E-state index contributed by atoms with van der Waals surface area (Å²) in [6.07, 6.45) is 0. The molecule has 0 aromatic heterocycles. The Bertz CT molecular complexity index is 893. The molecule has 1 N–H and O–H groups in total. The van der Waals surface area contributed by atoms with Gasteiger partial charge in [0.15, 0.2) is 0 Å². The Morgan fingerprint density at radius 1 is 0.905 bits per heavy atom. The second kappa shape index (κ2) is 4.11. The molecule has 0 fully saturated rings. The lowest BCUT2D eigenvalue weighted by molar-refractivity contribution is 0.479. The highest BCUT2D eigenvalue weighted by atomic mass is 79.9. The van der Waals surface area contributed by atoms with Crippen molar-refractivity contribution in [3.63, 3.8) is 0 Å². The van der Waals surface area contributed by atoms with Gasteiger partial charge in [-0.05, 0) is 45.8 Å². The zero-order chi connectivity index (χ0) is 14.8. The molecule has 3 aromatic rings. The van der Waals surface area contributed by atoms with Crippen LogP contribution in [0.5, 0.6) is 5.75 Å². The predicted molar refractivity (Wildman–Crippen MR) is 90.9 cm³/mol. The molecule has 0 unspecified atom stereocenters. The van der Waals surface area contributed by atoms with Crippen molar-refractivity contribution >= 4 is 26.7 Å². The van der Waals surface area contributed by atoms with Crippen molar-refractivity contribution in [2.24, 2.45) is 0 Å². The quantitative estimate of drug-likeness (QED) is 0.564. The van der Waals surface area contributed by atoms with E-state index in [1.165, 1.54) is 22.3 Å². The molecular formula is C19H15BrO. The fraction of sp³-hybridized carbons (Fsp3) is 0.158. The largest absolute Gasteiger partial charge is 0.507 e. The molecule has 0 saturated heterocycles. The van der Waals surface area contributed by atoms with E-state index in [0.29, 0.717) is 5.75 Å². The number of hydrogen-bond acceptors (Lipinski definition) is 1. The van der Waals surface area contributed by atoms with Crippen molar-refractivity contribution in [3.8, 4) is 16.9 Å². The zero-order valence-corrected chi connectivity index (χ0v) is 13.5. The summed E-state index contributed by atoms with van der Waals surface area (Å²) >= 11 is 3.58. The van der Waals surface area contributed by atoms with Gasteiger partial charge in [0.05, 0.1) is 0 Å². The van der Waals surface area contributed by atoms with Gasteiger partial charge in [0.2, 0.25) is 0 Å². The lowest BCUT2D eigenvalue weighted by Gasteiger charge is -2.22. The van der Waals surface area contributed by atoms with Gasteiger partial charge in [-0.1, -0.05) is 60.1 Å². The summed E-state index contributed by atoms with van der Waals surface area (Å²) in [6.45, 7) is 4.44. The van der Waals surface area contributed by atoms with Crippen molar-refractivity contribution in [1.82, 2.24) is 0 Å². The number of benzene rings is 3. The van der Waals surface area contributed by atoms with E-state index in [-0.39, 0.29) is 5.41 Å². The van der Waals surface area contributed by atoms with Gasteiger partial charge in [-0.3, -0.25) is 0 Å². The number of hydrogen-bond donors (Lipinski definition) is 1. The maximum Gasteiger partial charge on any atom is 0.123 e. The van der Waals surface area contributed by atoms with E-state index in [0.717, 1.165) is 15.2 Å². The summed E-state index contributed by atoms with van der Waals surface area (Å²) in [5.41, 5.74) is 4.94. The predicted octanol–water partition coefficient (Wildman–Crippen LogP) is 5.61. The summed E-state index contributed by atoms with van der Waals surface area (Å²) in [4.78, 5) is 0. The molecule has 1 nitrogen and oxygen atoms in total. The topological polar surface area (TPSA) is 20.2 Å². The standard InChI is InChI=1S/C19H15BrO/c1-19(2)15-9-11(20)7-8-14(15)18-13-6-4-3-5-12(13)17(21)10-16(18)19/h3-10,21H,1-2H3. The van der Waals surface area contributed by atoms with Crippen molar-refractivity contribution in [2.75, 3.05) is 0 Å². The first-order valence-corrected chi connectivity index (χ1v) is 7.85. The summed E-state index contributed by atoms with van der Waals surface area (Å²) in [7, 11) is 0. The lowest BCUT2D eigenvalue weighted by Crippen LogP contribution is -2.14. The van der Waals surface area contributed by atoms with E-state index < -0.39 is 0 Å². The van der Waals surface area contributed by atoms with Crippen molar-refractivity contribution in [1.29, 1.82) is 0 Å². The molecule has 0 heterocycles. The van der Waals surface area contributed by atoms with Gasteiger partial charge >= 0.3 is 0 Å². The van der Waals surface area contributed by atoms with Gasteiger partial charge < -0.3 is 5.11 Å². The van der Waals surface area contributed by atoms with Gasteiger partial charge in [0.25, 0.3) is 0 Å². The SMILES string of the molecule is CC1(C)c2cc(Br)ccc2-c2c1cc(O)c1ccccc21. The van der Waals surface area contributed by atoms with Gasteiger partial charge in [0, 0.05) is 15.3 Å². The smallest absolute Gasteiger partial charge is 0.123 e. The second-order valence-corrected chi connectivity index (χ2v) is 7.09. The van der Waals surface area contributed by atoms with E-state index >= 15 is 0 Å². The van der Waals surface area contributed by atoms with Gasteiger partial charge in [-0.2, -0.15) is 0 Å². The minimum Gasteiger partial charge on any atom is -0.507 e. The third-order valence-electron chi connectivity index (χ3n) is 4.62. The Labute approximate surface area is 132 Å². The fourth-order valence-electron chi connectivity index (χ4n) is 3.54. The molecule has 0 saturated carbocycles. The molecular weight excluding hydrogens is 324 g/mol. The maximum atomic E-state index is 10.4. The van der Waals surface area contributed by atoms with Crippen LogP contribution in [-0.4, -0.2) is 5.11 Å². The van der Waals surface area contributed by atoms with Crippen LogP contribution in [-0.2, 0) is 5.41 Å². The average molecular weight is 339 g/mol. The highest BCUT2D eigenvalue weighted by Crippen LogP contribution is 2.53. The number of phenols is 1. The molecule has 1 aliphatic carbocycles. The molecule has 21 heavy (non-hydrogen) atoms. The van der Waals surface area contributed by atoms with Gasteiger partial charge in [-0.25, -0.2) is 0 Å². The molecule has 0 radical (unpaired) electrons. The first-order valence-electron chi connectivity index (χ1n) is 7.06.